The lowest BCUT2D eigenvalue weighted by Crippen LogP contribution is -2.40. The fraction of sp³-hybridized carbons (Fsp3) is 0.588. The van der Waals surface area contributed by atoms with Gasteiger partial charge in [0.15, 0.2) is 5.58 Å². The third kappa shape index (κ3) is 2.82. The molecule has 108 valence electrons. The first-order valence-corrected chi connectivity index (χ1v) is 7.45. The Bertz CT molecular complexity index is 563. The molecule has 2 aromatic rings. The molecule has 3 rings (SSSR count). The first kappa shape index (κ1) is 13.5. The molecule has 3 heteroatoms. The minimum Gasteiger partial charge on any atom is -0.424 e. The van der Waals surface area contributed by atoms with Crippen LogP contribution in [0.3, 0.4) is 0 Å². The zero-order chi connectivity index (χ0) is 14.4. The van der Waals surface area contributed by atoms with Crippen molar-refractivity contribution in [3.8, 4) is 0 Å². The van der Waals surface area contributed by atoms with Gasteiger partial charge in [-0.25, -0.2) is 0 Å². The number of rotatable bonds is 2. The molecule has 0 unspecified atom stereocenters. The normalized spacial score (nSPS) is 22.0. The zero-order valence-corrected chi connectivity index (χ0v) is 12.9. The molecule has 20 heavy (non-hydrogen) atoms. The molecule has 0 atom stereocenters. The van der Waals surface area contributed by atoms with Crippen LogP contribution in [0.2, 0.25) is 0 Å². The standard InChI is InChI=1S/C17H24N2O/c1-16(2)9-12(10-17(3,4)11-16)18-15-19-13-7-5-6-8-14(13)20-15/h5-8,12H,9-11H2,1-4H3,(H,18,19). The lowest BCUT2D eigenvalue weighted by molar-refractivity contribution is 0.104. The molecule has 0 bridgehead atoms. The number of oxazole rings is 1. The van der Waals surface area contributed by atoms with Crippen LogP contribution in [-0.2, 0) is 0 Å². The predicted molar refractivity (Wildman–Crippen MR) is 82.8 cm³/mol. The van der Waals surface area contributed by atoms with E-state index in [1.165, 1.54) is 6.42 Å². The van der Waals surface area contributed by atoms with Gasteiger partial charge in [0.2, 0.25) is 0 Å². The molecule has 0 aliphatic heterocycles. The third-order valence-electron chi connectivity index (χ3n) is 4.18. The van der Waals surface area contributed by atoms with E-state index in [9.17, 15) is 0 Å². The van der Waals surface area contributed by atoms with Crippen molar-refractivity contribution in [3.63, 3.8) is 0 Å². The molecule has 0 saturated heterocycles. The fourth-order valence-corrected chi connectivity index (χ4v) is 4.06. The summed E-state index contributed by atoms with van der Waals surface area (Å²) in [5, 5.41) is 3.50. The molecule has 1 heterocycles. The average Bonchev–Trinajstić information content (AvgIpc) is 2.66. The van der Waals surface area contributed by atoms with E-state index < -0.39 is 0 Å². The maximum atomic E-state index is 5.78. The maximum absolute atomic E-state index is 5.78. The highest BCUT2D eigenvalue weighted by Gasteiger charge is 2.38. The quantitative estimate of drug-likeness (QED) is 0.849. The van der Waals surface area contributed by atoms with Gasteiger partial charge in [-0.2, -0.15) is 4.98 Å². The largest absolute Gasteiger partial charge is 0.424 e. The van der Waals surface area contributed by atoms with Crippen LogP contribution >= 0.6 is 0 Å². The number of nitrogens with one attached hydrogen (secondary N) is 1. The van der Waals surface area contributed by atoms with E-state index in [0.717, 1.165) is 23.9 Å². The van der Waals surface area contributed by atoms with Crippen LogP contribution in [0.4, 0.5) is 6.01 Å². The van der Waals surface area contributed by atoms with Crippen molar-refractivity contribution in [2.75, 3.05) is 5.32 Å². The van der Waals surface area contributed by atoms with E-state index in [4.69, 9.17) is 4.42 Å². The number of anilines is 1. The zero-order valence-electron chi connectivity index (χ0n) is 12.9. The number of hydrogen-bond acceptors (Lipinski definition) is 3. The number of nitrogens with zero attached hydrogens (tertiary/aromatic N) is 1. The smallest absolute Gasteiger partial charge is 0.295 e. The number of hydrogen-bond donors (Lipinski definition) is 1. The minimum atomic E-state index is 0.367. The highest BCUT2D eigenvalue weighted by Crippen LogP contribution is 2.46. The molecule has 1 aromatic carbocycles. The van der Waals surface area contributed by atoms with Gasteiger partial charge in [0.1, 0.15) is 5.52 Å². The van der Waals surface area contributed by atoms with E-state index >= 15 is 0 Å². The van der Waals surface area contributed by atoms with Crippen molar-refractivity contribution in [1.29, 1.82) is 0 Å². The van der Waals surface area contributed by atoms with Gasteiger partial charge in [0.25, 0.3) is 6.01 Å². The highest BCUT2D eigenvalue weighted by atomic mass is 16.4. The number of aromatic nitrogens is 1. The molecule has 1 aliphatic rings. The van der Waals surface area contributed by atoms with Crippen LogP contribution in [0.25, 0.3) is 11.1 Å². The van der Waals surface area contributed by atoms with Gasteiger partial charge < -0.3 is 9.73 Å². The van der Waals surface area contributed by atoms with E-state index in [0.29, 0.717) is 22.9 Å². The number of fused-ring (bicyclic) bond motifs is 1. The first-order valence-electron chi connectivity index (χ1n) is 7.45. The summed E-state index contributed by atoms with van der Waals surface area (Å²) in [6.45, 7) is 9.42. The van der Waals surface area contributed by atoms with E-state index in [2.05, 4.69) is 38.0 Å². The van der Waals surface area contributed by atoms with Gasteiger partial charge in [0.05, 0.1) is 0 Å². The van der Waals surface area contributed by atoms with Crippen LogP contribution < -0.4 is 5.32 Å². The summed E-state index contributed by atoms with van der Waals surface area (Å²) in [4.78, 5) is 4.52. The van der Waals surface area contributed by atoms with Crippen LogP contribution in [0.15, 0.2) is 28.7 Å². The van der Waals surface area contributed by atoms with Gasteiger partial charge in [-0.05, 0) is 42.2 Å². The number of para-hydroxylation sites is 2. The van der Waals surface area contributed by atoms with E-state index in [1.807, 2.05) is 24.3 Å². The summed E-state index contributed by atoms with van der Waals surface area (Å²) in [7, 11) is 0. The second-order valence-corrected chi connectivity index (χ2v) is 7.74. The fourth-order valence-electron chi connectivity index (χ4n) is 4.06. The minimum absolute atomic E-state index is 0.367. The maximum Gasteiger partial charge on any atom is 0.295 e. The SMILES string of the molecule is CC1(C)CC(Nc2nc3ccccc3o2)CC(C)(C)C1. The summed E-state index contributed by atoms with van der Waals surface area (Å²) in [6.07, 6.45) is 3.59. The Morgan fingerprint density at radius 2 is 1.75 bits per heavy atom. The summed E-state index contributed by atoms with van der Waals surface area (Å²) in [6, 6.07) is 9.00. The topological polar surface area (TPSA) is 38.1 Å². The molecule has 1 fully saturated rings. The van der Waals surface area contributed by atoms with Gasteiger partial charge in [-0.1, -0.05) is 39.8 Å². The Kier molecular flexibility index (Phi) is 3.03. The van der Waals surface area contributed by atoms with Gasteiger partial charge in [-0.15, -0.1) is 0 Å². The van der Waals surface area contributed by atoms with Crippen LogP contribution in [0.5, 0.6) is 0 Å². The van der Waals surface area contributed by atoms with Crippen molar-refractivity contribution in [1.82, 2.24) is 4.98 Å². The van der Waals surface area contributed by atoms with Crippen molar-refractivity contribution >= 4 is 17.1 Å². The Morgan fingerprint density at radius 1 is 1.10 bits per heavy atom. The van der Waals surface area contributed by atoms with Crippen LogP contribution in [0.1, 0.15) is 47.0 Å². The summed E-state index contributed by atoms with van der Waals surface area (Å²) in [5.74, 6) is 0. The average molecular weight is 272 g/mol. The molecule has 1 N–H and O–H groups in total. The summed E-state index contributed by atoms with van der Waals surface area (Å²) >= 11 is 0. The highest BCUT2D eigenvalue weighted by molar-refractivity contribution is 5.74. The lowest BCUT2D eigenvalue weighted by Gasteiger charge is -2.44. The molecule has 1 aliphatic carbocycles. The van der Waals surface area contributed by atoms with Crippen LogP contribution in [-0.4, -0.2) is 11.0 Å². The molecule has 0 radical (unpaired) electrons. The lowest BCUT2D eigenvalue weighted by atomic mass is 9.63. The van der Waals surface area contributed by atoms with Gasteiger partial charge in [-0.3, -0.25) is 0 Å². The van der Waals surface area contributed by atoms with E-state index in [-0.39, 0.29) is 0 Å². The molecular weight excluding hydrogens is 248 g/mol. The molecule has 1 aromatic heterocycles. The Morgan fingerprint density at radius 3 is 2.40 bits per heavy atom. The van der Waals surface area contributed by atoms with Crippen molar-refractivity contribution in [2.45, 2.75) is 53.0 Å². The monoisotopic (exact) mass is 272 g/mol. The molecule has 0 amide bonds. The van der Waals surface area contributed by atoms with Gasteiger partial charge in [0, 0.05) is 6.04 Å². The van der Waals surface area contributed by atoms with Gasteiger partial charge >= 0.3 is 0 Å². The number of benzene rings is 1. The molecule has 3 nitrogen and oxygen atoms in total. The second kappa shape index (κ2) is 4.51. The first-order chi connectivity index (χ1) is 9.33. The second-order valence-electron chi connectivity index (χ2n) is 7.74. The Hall–Kier alpha value is -1.51. The van der Waals surface area contributed by atoms with Crippen molar-refractivity contribution in [2.24, 2.45) is 10.8 Å². The van der Waals surface area contributed by atoms with Crippen molar-refractivity contribution in [3.05, 3.63) is 24.3 Å². The third-order valence-corrected chi connectivity index (χ3v) is 4.18. The summed E-state index contributed by atoms with van der Waals surface area (Å²) < 4.78 is 5.78. The van der Waals surface area contributed by atoms with Crippen LogP contribution in [0, 0.1) is 10.8 Å². The molecule has 1 saturated carbocycles. The molecular formula is C17H24N2O. The molecule has 0 spiro atoms. The Labute approximate surface area is 120 Å². The predicted octanol–water partition coefficient (Wildman–Crippen LogP) is 4.84. The van der Waals surface area contributed by atoms with Crippen molar-refractivity contribution < 1.29 is 4.42 Å². The Balaban J connectivity index is 1.79. The summed E-state index contributed by atoms with van der Waals surface area (Å²) in [5.41, 5.74) is 2.50. The van der Waals surface area contributed by atoms with E-state index in [1.54, 1.807) is 0 Å².